The Morgan fingerprint density at radius 2 is 1.68 bits per heavy atom. The van der Waals surface area contributed by atoms with Gasteiger partial charge < -0.3 is 20.1 Å². The van der Waals surface area contributed by atoms with Gasteiger partial charge >= 0.3 is 12.1 Å². The van der Waals surface area contributed by atoms with Crippen molar-refractivity contribution < 1.29 is 24.2 Å². The molecule has 1 unspecified atom stereocenters. The highest BCUT2D eigenvalue weighted by atomic mass is 16.5. The van der Waals surface area contributed by atoms with Crippen molar-refractivity contribution in [1.29, 1.82) is 0 Å². The van der Waals surface area contributed by atoms with Crippen molar-refractivity contribution in [2.75, 3.05) is 19.7 Å². The molecule has 3 aliphatic rings. The molecule has 7 heteroatoms. The van der Waals surface area contributed by atoms with E-state index in [9.17, 15) is 14.4 Å². The maximum atomic E-state index is 13.2. The first-order valence-corrected chi connectivity index (χ1v) is 12.1. The Morgan fingerprint density at radius 3 is 2.29 bits per heavy atom. The Labute approximate surface area is 199 Å². The topological polar surface area (TPSA) is 95.9 Å². The summed E-state index contributed by atoms with van der Waals surface area (Å²) in [6.45, 7) is 1.16. The summed E-state index contributed by atoms with van der Waals surface area (Å²) in [5, 5.41) is 11.8. The molecular weight excluding hydrogens is 432 g/mol. The van der Waals surface area contributed by atoms with Crippen LogP contribution in [0.2, 0.25) is 0 Å². The molecule has 1 aliphatic heterocycles. The third-order valence-electron chi connectivity index (χ3n) is 7.55. The Kier molecular flexibility index (Phi) is 6.02. The van der Waals surface area contributed by atoms with Gasteiger partial charge in [0.1, 0.15) is 6.61 Å². The first-order chi connectivity index (χ1) is 16.5. The van der Waals surface area contributed by atoms with Crippen molar-refractivity contribution in [2.24, 2.45) is 5.41 Å². The number of nitrogens with zero attached hydrogens (tertiary/aromatic N) is 1. The maximum absolute atomic E-state index is 13.2. The lowest BCUT2D eigenvalue weighted by molar-refractivity contribution is -0.140. The average molecular weight is 463 g/mol. The second-order valence-corrected chi connectivity index (χ2v) is 9.69. The van der Waals surface area contributed by atoms with Gasteiger partial charge in [0.25, 0.3) is 0 Å². The zero-order valence-electron chi connectivity index (χ0n) is 19.2. The van der Waals surface area contributed by atoms with E-state index in [1.54, 1.807) is 0 Å². The minimum Gasteiger partial charge on any atom is -0.481 e. The molecule has 0 bridgehead atoms. The van der Waals surface area contributed by atoms with E-state index in [0.29, 0.717) is 13.0 Å². The zero-order valence-corrected chi connectivity index (χ0v) is 19.2. The van der Waals surface area contributed by atoms with Crippen molar-refractivity contribution >= 4 is 18.0 Å². The number of benzene rings is 2. The first-order valence-electron chi connectivity index (χ1n) is 12.1. The minimum absolute atomic E-state index is 0.00531. The molecule has 1 heterocycles. The van der Waals surface area contributed by atoms with Gasteiger partial charge in [0, 0.05) is 31.5 Å². The summed E-state index contributed by atoms with van der Waals surface area (Å²) in [7, 11) is 0. The second kappa shape index (κ2) is 9.12. The highest BCUT2D eigenvalue weighted by Crippen LogP contribution is 2.48. The number of carbonyl (C=O) groups is 3. The SMILES string of the molecule is O=C(O)CCC1CCCN1C(=O)C1(CNC(=O)OCC2c3ccccc3-c3ccccc32)CC1. The number of amides is 2. The molecule has 2 fully saturated rings. The van der Waals surface area contributed by atoms with E-state index < -0.39 is 17.5 Å². The van der Waals surface area contributed by atoms with Gasteiger partial charge in [-0.2, -0.15) is 0 Å². The number of likely N-dealkylation sites (tertiary alicyclic amines) is 1. The largest absolute Gasteiger partial charge is 0.481 e. The molecule has 2 aromatic carbocycles. The third kappa shape index (κ3) is 4.27. The van der Waals surface area contributed by atoms with Gasteiger partial charge in [-0.25, -0.2) is 4.79 Å². The van der Waals surface area contributed by atoms with Crippen molar-refractivity contribution in [1.82, 2.24) is 10.2 Å². The van der Waals surface area contributed by atoms with Crippen LogP contribution >= 0.6 is 0 Å². The zero-order chi connectivity index (χ0) is 23.7. The Hall–Kier alpha value is -3.35. The lowest BCUT2D eigenvalue weighted by Gasteiger charge is -2.29. The van der Waals surface area contributed by atoms with Crippen LogP contribution in [0.1, 0.15) is 55.6 Å². The molecule has 34 heavy (non-hydrogen) atoms. The molecule has 0 spiro atoms. The lowest BCUT2D eigenvalue weighted by atomic mass is 9.98. The van der Waals surface area contributed by atoms with Crippen LogP contribution in [0.15, 0.2) is 48.5 Å². The van der Waals surface area contributed by atoms with Gasteiger partial charge in [-0.05, 0) is 54.4 Å². The fourth-order valence-corrected chi connectivity index (χ4v) is 5.51. The van der Waals surface area contributed by atoms with E-state index in [1.165, 1.54) is 11.1 Å². The van der Waals surface area contributed by atoms with Crippen LogP contribution in [0.5, 0.6) is 0 Å². The van der Waals surface area contributed by atoms with Gasteiger partial charge in [-0.3, -0.25) is 9.59 Å². The highest BCUT2D eigenvalue weighted by molar-refractivity contribution is 5.87. The number of nitrogens with one attached hydrogen (secondary N) is 1. The van der Waals surface area contributed by atoms with E-state index in [0.717, 1.165) is 36.8 Å². The number of carboxylic acid groups (broad SMARTS) is 1. The van der Waals surface area contributed by atoms with Gasteiger partial charge in [-0.15, -0.1) is 0 Å². The average Bonchev–Trinajstić information content (AvgIpc) is 3.38. The van der Waals surface area contributed by atoms with Crippen LogP contribution in [-0.2, 0) is 14.3 Å². The summed E-state index contributed by atoms with van der Waals surface area (Å²) < 4.78 is 5.61. The van der Waals surface area contributed by atoms with Crippen LogP contribution < -0.4 is 5.32 Å². The third-order valence-corrected chi connectivity index (χ3v) is 7.55. The molecule has 0 aromatic heterocycles. The minimum atomic E-state index is -0.836. The van der Waals surface area contributed by atoms with E-state index in [-0.39, 0.29) is 37.4 Å². The number of fused-ring (bicyclic) bond motifs is 3. The van der Waals surface area contributed by atoms with Crippen LogP contribution in [0.25, 0.3) is 11.1 Å². The Bertz CT molecular complexity index is 1060. The van der Waals surface area contributed by atoms with E-state index in [4.69, 9.17) is 9.84 Å². The fraction of sp³-hybridized carbons (Fsp3) is 0.444. The molecule has 0 radical (unpaired) electrons. The number of rotatable bonds is 8. The first kappa shape index (κ1) is 22.4. The molecule has 2 aromatic rings. The van der Waals surface area contributed by atoms with E-state index in [2.05, 4.69) is 29.6 Å². The van der Waals surface area contributed by atoms with Gasteiger partial charge in [0.15, 0.2) is 0 Å². The number of hydrogen-bond acceptors (Lipinski definition) is 4. The van der Waals surface area contributed by atoms with Gasteiger partial charge in [0.2, 0.25) is 5.91 Å². The van der Waals surface area contributed by atoms with Crippen molar-refractivity contribution in [3.63, 3.8) is 0 Å². The summed E-state index contributed by atoms with van der Waals surface area (Å²) in [4.78, 5) is 38.6. The number of alkyl carbamates (subject to hydrolysis) is 1. The molecule has 1 saturated carbocycles. The summed E-state index contributed by atoms with van der Waals surface area (Å²) >= 11 is 0. The molecule has 5 rings (SSSR count). The molecule has 7 nitrogen and oxygen atoms in total. The number of carboxylic acids is 1. The van der Waals surface area contributed by atoms with Crippen LogP contribution in [0.4, 0.5) is 4.79 Å². The summed E-state index contributed by atoms with van der Waals surface area (Å²) in [6, 6.07) is 16.4. The van der Waals surface area contributed by atoms with Crippen LogP contribution in [0, 0.1) is 5.41 Å². The number of aliphatic carboxylic acids is 1. The van der Waals surface area contributed by atoms with Crippen molar-refractivity contribution in [3.8, 4) is 11.1 Å². The number of ether oxygens (including phenoxy) is 1. The van der Waals surface area contributed by atoms with Crippen molar-refractivity contribution in [2.45, 2.75) is 50.5 Å². The molecule has 1 atom stereocenters. The maximum Gasteiger partial charge on any atom is 0.407 e. The molecule has 2 N–H and O–H groups in total. The quantitative estimate of drug-likeness (QED) is 0.614. The predicted molar refractivity (Wildman–Crippen MR) is 126 cm³/mol. The van der Waals surface area contributed by atoms with Gasteiger partial charge in [-0.1, -0.05) is 48.5 Å². The van der Waals surface area contributed by atoms with E-state index >= 15 is 0 Å². The van der Waals surface area contributed by atoms with Gasteiger partial charge in [0.05, 0.1) is 5.41 Å². The number of carbonyl (C=O) groups excluding carboxylic acids is 2. The summed E-state index contributed by atoms with van der Waals surface area (Å²) in [5.41, 5.74) is 4.10. The Balaban J connectivity index is 1.16. The molecule has 2 amide bonds. The lowest BCUT2D eigenvalue weighted by Crippen LogP contribution is -2.45. The van der Waals surface area contributed by atoms with Crippen LogP contribution in [0.3, 0.4) is 0 Å². The van der Waals surface area contributed by atoms with Crippen LogP contribution in [-0.4, -0.2) is 53.7 Å². The highest BCUT2D eigenvalue weighted by Gasteiger charge is 2.53. The normalized spacial score (nSPS) is 19.9. The summed E-state index contributed by atoms with van der Waals surface area (Å²) in [6.07, 6.45) is 3.25. The molecule has 1 saturated heterocycles. The van der Waals surface area contributed by atoms with E-state index in [1.807, 2.05) is 29.2 Å². The fourth-order valence-electron chi connectivity index (χ4n) is 5.51. The smallest absolute Gasteiger partial charge is 0.407 e. The summed E-state index contributed by atoms with van der Waals surface area (Å²) in [5.74, 6) is -0.800. The standard InChI is InChI=1S/C27H30N2O5/c30-24(31)12-11-18-6-5-15-29(18)25(32)27(13-14-27)17-28-26(33)34-16-23-21-9-3-1-7-19(21)20-8-2-4-10-22(20)23/h1-4,7-10,18,23H,5-6,11-17H2,(H,28,33)(H,30,31). The predicted octanol–water partition coefficient (Wildman–Crippen LogP) is 4.16. The number of hydrogen-bond donors (Lipinski definition) is 2. The second-order valence-electron chi connectivity index (χ2n) is 9.69. The monoisotopic (exact) mass is 462 g/mol. The molecular formula is C27H30N2O5. The molecule has 2 aliphatic carbocycles. The van der Waals surface area contributed by atoms with Crippen molar-refractivity contribution in [3.05, 3.63) is 59.7 Å². The molecule has 178 valence electrons. The Morgan fingerprint density at radius 1 is 1.03 bits per heavy atom.